The van der Waals surface area contributed by atoms with Crippen LogP contribution in [0.15, 0.2) is 35.5 Å². The smallest absolute Gasteiger partial charge is 0.338 e. The third-order valence-electron chi connectivity index (χ3n) is 4.08. The highest BCUT2D eigenvalue weighted by atomic mass is 16.5. The van der Waals surface area contributed by atoms with Gasteiger partial charge in [-0.05, 0) is 34.5 Å². The molecule has 2 aromatic rings. The summed E-state index contributed by atoms with van der Waals surface area (Å²) in [4.78, 5) is 14.4. The number of hydrogen-bond acceptors (Lipinski definition) is 7. The number of methoxy groups -OCH3 is 1. The van der Waals surface area contributed by atoms with Crippen molar-refractivity contribution in [2.45, 2.75) is 19.4 Å². The van der Waals surface area contributed by atoms with Crippen molar-refractivity contribution in [3.8, 4) is 0 Å². The maximum atomic E-state index is 12.4. The van der Waals surface area contributed by atoms with Gasteiger partial charge in [-0.1, -0.05) is 24.2 Å². The van der Waals surface area contributed by atoms with Gasteiger partial charge >= 0.3 is 5.97 Å². The normalized spacial score (nSPS) is 16.4. The van der Waals surface area contributed by atoms with Gasteiger partial charge in [0.15, 0.2) is 0 Å². The minimum Gasteiger partial charge on any atom is -0.466 e. The predicted molar refractivity (Wildman–Crippen MR) is 89.7 cm³/mol. The van der Waals surface area contributed by atoms with Gasteiger partial charge in [0.2, 0.25) is 5.95 Å². The first-order valence-electron chi connectivity index (χ1n) is 7.70. The molecule has 1 atom stereocenters. The van der Waals surface area contributed by atoms with Crippen molar-refractivity contribution in [2.24, 2.45) is 0 Å². The van der Waals surface area contributed by atoms with Gasteiger partial charge in [-0.3, -0.25) is 0 Å². The Morgan fingerprint density at radius 1 is 1.33 bits per heavy atom. The Kier molecular flexibility index (Phi) is 4.20. The van der Waals surface area contributed by atoms with Crippen molar-refractivity contribution in [1.82, 2.24) is 20.2 Å². The summed E-state index contributed by atoms with van der Waals surface area (Å²) in [5, 5.41) is 14.9. The number of fused-ring (bicyclic) bond motifs is 1. The third-order valence-corrected chi connectivity index (χ3v) is 4.08. The Balaban J connectivity index is 2.14. The van der Waals surface area contributed by atoms with Gasteiger partial charge in [-0.15, -0.1) is 0 Å². The summed E-state index contributed by atoms with van der Waals surface area (Å²) in [5.74, 6) is 0.128. The van der Waals surface area contributed by atoms with Crippen molar-refractivity contribution in [3.05, 3.63) is 41.1 Å². The fraction of sp³-hybridized carbons (Fsp3) is 0.375. The molecule has 1 aromatic heterocycles. The SMILES string of the molecule is CCC1=C(C(=O)OC)C(c2ccc(N(C)C)cc2)n2nnnc2N1. The second kappa shape index (κ2) is 6.31. The number of allylic oxidation sites excluding steroid dienone is 1. The van der Waals surface area contributed by atoms with Crippen LogP contribution in [-0.4, -0.2) is 47.4 Å². The van der Waals surface area contributed by atoms with E-state index in [1.54, 1.807) is 4.68 Å². The van der Waals surface area contributed by atoms with E-state index >= 15 is 0 Å². The Bertz CT molecular complexity index is 778. The molecule has 0 saturated heterocycles. The number of tetrazole rings is 1. The molecule has 0 fully saturated rings. The molecule has 1 aliphatic heterocycles. The topological polar surface area (TPSA) is 85.2 Å². The third kappa shape index (κ3) is 2.60. The lowest BCUT2D eigenvalue weighted by Gasteiger charge is -2.28. The van der Waals surface area contributed by atoms with Crippen LogP contribution in [0.2, 0.25) is 0 Å². The highest BCUT2D eigenvalue weighted by molar-refractivity contribution is 5.92. The molecule has 1 unspecified atom stereocenters. The minimum absolute atomic E-state index is 0.387. The molecule has 0 amide bonds. The van der Waals surface area contributed by atoms with Crippen LogP contribution in [0.25, 0.3) is 0 Å². The molecule has 1 aromatic carbocycles. The fourth-order valence-electron chi connectivity index (χ4n) is 2.83. The summed E-state index contributed by atoms with van der Waals surface area (Å²) in [7, 11) is 5.34. The molecular weight excluding hydrogens is 308 g/mol. The van der Waals surface area contributed by atoms with E-state index in [2.05, 4.69) is 20.8 Å². The summed E-state index contributed by atoms with van der Waals surface area (Å²) in [6, 6.07) is 7.54. The zero-order chi connectivity index (χ0) is 17.3. The van der Waals surface area contributed by atoms with E-state index in [1.807, 2.05) is 50.2 Å². The van der Waals surface area contributed by atoms with Crippen molar-refractivity contribution in [2.75, 3.05) is 31.4 Å². The average Bonchev–Trinajstić information content (AvgIpc) is 3.07. The van der Waals surface area contributed by atoms with E-state index in [9.17, 15) is 4.79 Å². The number of anilines is 2. The monoisotopic (exact) mass is 328 g/mol. The highest BCUT2D eigenvalue weighted by Crippen LogP contribution is 2.36. The number of nitrogens with one attached hydrogen (secondary N) is 1. The fourth-order valence-corrected chi connectivity index (χ4v) is 2.83. The average molecular weight is 328 g/mol. The van der Waals surface area contributed by atoms with Crippen molar-refractivity contribution >= 4 is 17.6 Å². The molecule has 0 aliphatic carbocycles. The number of ether oxygens (including phenoxy) is 1. The first kappa shape index (κ1) is 16.0. The first-order chi connectivity index (χ1) is 11.6. The molecule has 1 aliphatic rings. The molecule has 0 radical (unpaired) electrons. The lowest BCUT2D eigenvalue weighted by Crippen LogP contribution is -2.30. The molecule has 24 heavy (non-hydrogen) atoms. The van der Waals surface area contributed by atoms with Gasteiger partial charge in [-0.25, -0.2) is 4.79 Å². The Hall–Kier alpha value is -2.90. The number of carbonyl (C=O) groups is 1. The van der Waals surface area contributed by atoms with E-state index < -0.39 is 6.04 Å². The van der Waals surface area contributed by atoms with Crippen molar-refractivity contribution < 1.29 is 9.53 Å². The molecule has 2 heterocycles. The van der Waals surface area contributed by atoms with Crippen LogP contribution in [-0.2, 0) is 9.53 Å². The quantitative estimate of drug-likeness (QED) is 0.853. The largest absolute Gasteiger partial charge is 0.466 e. The van der Waals surface area contributed by atoms with E-state index in [0.29, 0.717) is 17.9 Å². The number of nitrogens with zero attached hydrogens (tertiary/aromatic N) is 5. The lowest BCUT2D eigenvalue weighted by atomic mass is 9.94. The predicted octanol–water partition coefficient (Wildman–Crippen LogP) is 1.59. The van der Waals surface area contributed by atoms with Crippen LogP contribution in [0.5, 0.6) is 0 Å². The maximum absolute atomic E-state index is 12.4. The lowest BCUT2D eigenvalue weighted by molar-refractivity contribution is -0.136. The molecule has 0 spiro atoms. The van der Waals surface area contributed by atoms with Crippen molar-refractivity contribution in [1.29, 1.82) is 0 Å². The number of benzene rings is 1. The molecule has 3 rings (SSSR count). The summed E-state index contributed by atoms with van der Waals surface area (Å²) >= 11 is 0. The van der Waals surface area contributed by atoms with Gasteiger partial charge in [0.05, 0.1) is 12.7 Å². The van der Waals surface area contributed by atoms with Crippen LogP contribution in [0.1, 0.15) is 24.9 Å². The second-order valence-electron chi connectivity index (χ2n) is 5.70. The van der Waals surface area contributed by atoms with Crippen LogP contribution >= 0.6 is 0 Å². The second-order valence-corrected chi connectivity index (χ2v) is 5.70. The van der Waals surface area contributed by atoms with Crippen LogP contribution in [0.4, 0.5) is 11.6 Å². The number of esters is 1. The zero-order valence-electron chi connectivity index (χ0n) is 14.1. The number of hydrogen-bond donors (Lipinski definition) is 1. The Morgan fingerprint density at radius 2 is 2.04 bits per heavy atom. The first-order valence-corrected chi connectivity index (χ1v) is 7.70. The van der Waals surface area contributed by atoms with Gasteiger partial charge in [0, 0.05) is 25.5 Å². The summed E-state index contributed by atoms with van der Waals surface area (Å²) in [6.45, 7) is 1.97. The molecule has 1 N–H and O–H groups in total. The van der Waals surface area contributed by atoms with Gasteiger partial charge in [0.1, 0.15) is 6.04 Å². The Morgan fingerprint density at radius 3 is 2.62 bits per heavy atom. The molecular formula is C16H20N6O2. The number of aromatic nitrogens is 4. The van der Waals surface area contributed by atoms with E-state index in [1.165, 1.54) is 7.11 Å². The highest BCUT2D eigenvalue weighted by Gasteiger charge is 2.35. The van der Waals surface area contributed by atoms with Gasteiger partial charge < -0.3 is 15.0 Å². The molecule has 8 heteroatoms. The maximum Gasteiger partial charge on any atom is 0.338 e. The van der Waals surface area contributed by atoms with E-state index in [4.69, 9.17) is 4.74 Å². The van der Waals surface area contributed by atoms with Gasteiger partial charge in [0.25, 0.3) is 0 Å². The summed E-state index contributed by atoms with van der Waals surface area (Å²) < 4.78 is 6.61. The molecule has 8 nitrogen and oxygen atoms in total. The summed E-state index contributed by atoms with van der Waals surface area (Å²) in [5.41, 5.74) is 3.29. The molecule has 0 bridgehead atoms. The Labute approximate surface area is 140 Å². The number of carbonyl (C=O) groups excluding carboxylic acids is 1. The minimum atomic E-state index is -0.421. The summed E-state index contributed by atoms with van der Waals surface area (Å²) in [6.07, 6.45) is 0.642. The van der Waals surface area contributed by atoms with E-state index in [0.717, 1.165) is 16.9 Å². The zero-order valence-corrected chi connectivity index (χ0v) is 14.1. The molecule has 126 valence electrons. The van der Waals surface area contributed by atoms with Crippen molar-refractivity contribution in [3.63, 3.8) is 0 Å². The van der Waals surface area contributed by atoms with Crippen LogP contribution in [0.3, 0.4) is 0 Å². The van der Waals surface area contributed by atoms with E-state index in [-0.39, 0.29) is 5.97 Å². The van der Waals surface area contributed by atoms with Crippen LogP contribution in [0, 0.1) is 0 Å². The number of rotatable bonds is 4. The molecule has 0 saturated carbocycles. The van der Waals surface area contributed by atoms with Gasteiger partial charge in [-0.2, -0.15) is 4.68 Å². The standard InChI is InChI=1S/C16H20N6O2/c1-5-12-13(15(23)24-4)14(22-16(17-12)18-19-20-22)10-6-8-11(9-7-10)21(2)3/h6-9,14H,5H2,1-4H3,(H,17,18,20). The van der Waals surface area contributed by atoms with Crippen LogP contribution < -0.4 is 10.2 Å².